The summed E-state index contributed by atoms with van der Waals surface area (Å²) in [4.78, 5) is 34.3. The predicted molar refractivity (Wildman–Crippen MR) is 103 cm³/mol. The molecule has 0 fully saturated rings. The third-order valence-electron chi connectivity index (χ3n) is 3.75. The number of nitrogens with zero attached hydrogens (tertiary/aromatic N) is 2. The van der Waals surface area contributed by atoms with Crippen LogP contribution in [0.5, 0.6) is 0 Å². The molecule has 8 nitrogen and oxygen atoms in total. The number of nitro benzene ring substituents is 1. The first-order valence-corrected chi connectivity index (χ1v) is 8.47. The minimum Gasteiger partial charge on any atom is -0.422 e. The standard InChI is InChI=1S/C18H12BrN3O5/c1-10(15-9-12-8-13(19)4-7-16(12)27-18(15)24)20-21-17(23)11-2-5-14(6-3-11)22(25)26/h2-9H,1H3,(H,21,23)/b20-10-. The summed E-state index contributed by atoms with van der Waals surface area (Å²) in [6, 6.07) is 11.9. The fraction of sp³-hybridized carbons (Fsp3) is 0.0556. The maximum atomic E-state index is 12.1. The van der Waals surface area contributed by atoms with E-state index in [-0.39, 0.29) is 22.5 Å². The van der Waals surface area contributed by atoms with Gasteiger partial charge in [0.1, 0.15) is 5.58 Å². The van der Waals surface area contributed by atoms with Gasteiger partial charge in [0, 0.05) is 27.6 Å². The molecule has 0 saturated carbocycles. The second-order valence-corrected chi connectivity index (χ2v) is 6.49. The van der Waals surface area contributed by atoms with Crippen molar-refractivity contribution < 1.29 is 14.1 Å². The molecule has 136 valence electrons. The molecule has 0 atom stereocenters. The largest absolute Gasteiger partial charge is 0.422 e. The van der Waals surface area contributed by atoms with Gasteiger partial charge >= 0.3 is 5.63 Å². The Morgan fingerprint density at radius 2 is 1.89 bits per heavy atom. The van der Waals surface area contributed by atoms with Crippen LogP contribution in [0.25, 0.3) is 11.0 Å². The third-order valence-corrected chi connectivity index (χ3v) is 4.24. The van der Waals surface area contributed by atoms with Crippen LogP contribution in [0.3, 0.4) is 0 Å². The summed E-state index contributed by atoms with van der Waals surface area (Å²) in [6.45, 7) is 1.56. The summed E-state index contributed by atoms with van der Waals surface area (Å²) in [6.07, 6.45) is 0. The topological polar surface area (TPSA) is 115 Å². The fourth-order valence-electron chi connectivity index (χ4n) is 2.34. The normalized spacial score (nSPS) is 11.4. The van der Waals surface area contributed by atoms with Gasteiger partial charge in [-0.2, -0.15) is 5.10 Å². The van der Waals surface area contributed by atoms with E-state index in [1.165, 1.54) is 24.3 Å². The molecule has 0 aliphatic heterocycles. The highest BCUT2D eigenvalue weighted by molar-refractivity contribution is 9.10. The average Bonchev–Trinajstić information content (AvgIpc) is 2.65. The van der Waals surface area contributed by atoms with Crippen LogP contribution in [-0.4, -0.2) is 16.5 Å². The molecule has 2 aromatic carbocycles. The Bertz CT molecular complexity index is 1140. The van der Waals surface area contributed by atoms with E-state index in [4.69, 9.17) is 4.42 Å². The highest BCUT2D eigenvalue weighted by Gasteiger charge is 2.11. The van der Waals surface area contributed by atoms with Crippen molar-refractivity contribution in [3.05, 3.63) is 84.7 Å². The maximum absolute atomic E-state index is 12.1. The Morgan fingerprint density at radius 3 is 2.56 bits per heavy atom. The zero-order chi connectivity index (χ0) is 19.6. The molecule has 0 spiro atoms. The first-order valence-electron chi connectivity index (χ1n) is 7.68. The molecular formula is C18H12BrN3O5. The van der Waals surface area contributed by atoms with Gasteiger partial charge in [-0.05, 0) is 43.3 Å². The Labute approximate surface area is 160 Å². The quantitative estimate of drug-likeness (QED) is 0.294. The molecule has 0 aliphatic carbocycles. The van der Waals surface area contributed by atoms with E-state index in [0.717, 1.165) is 4.47 Å². The van der Waals surface area contributed by atoms with Crippen molar-refractivity contribution in [1.29, 1.82) is 0 Å². The van der Waals surface area contributed by atoms with E-state index in [9.17, 15) is 19.7 Å². The van der Waals surface area contributed by atoms with Gasteiger partial charge in [-0.15, -0.1) is 0 Å². The van der Waals surface area contributed by atoms with Crippen LogP contribution in [0.4, 0.5) is 5.69 Å². The molecule has 27 heavy (non-hydrogen) atoms. The summed E-state index contributed by atoms with van der Waals surface area (Å²) in [5.74, 6) is -0.558. The van der Waals surface area contributed by atoms with Crippen molar-refractivity contribution >= 4 is 44.2 Å². The fourth-order valence-corrected chi connectivity index (χ4v) is 2.72. The molecule has 3 aromatic rings. The number of hydrogen-bond acceptors (Lipinski definition) is 6. The van der Waals surface area contributed by atoms with Gasteiger partial charge < -0.3 is 4.42 Å². The van der Waals surface area contributed by atoms with Crippen LogP contribution in [0, 0.1) is 10.1 Å². The number of carbonyl (C=O) groups is 1. The number of non-ortho nitro benzene ring substituents is 1. The van der Waals surface area contributed by atoms with E-state index in [2.05, 4.69) is 26.5 Å². The van der Waals surface area contributed by atoms with Crippen molar-refractivity contribution in [3.63, 3.8) is 0 Å². The summed E-state index contributed by atoms with van der Waals surface area (Å²) >= 11 is 3.35. The number of hydrazone groups is 1. The number of halogens is 1. The second kappa shape index (κ2) is 7.50. The molecule has 1 aromatic heterocycles. The van der Waals surface area contributed by atoms with Crippen LogP contribution in [0.1, 0.15) is 22.8 Å². The van der Waals surface area contributed by atoms with Crippen LogP contribution in [0.2, 0.25) is 0 Å². The van der Waals surface area contributed by atoms with Gasteiger partial charge in [0.15, 0.2) is 0 Å². The Hall–Kier alpha value is -3.33. The second-order valence-electron chi connectivity index (χ2n) is 5.57. The Kier molecular flexibility index (Phi) is 5.13. The molecule has 0 unspecified atom stereocenters. The molecule has 3 rings (SSSR count). The SMILES string of the molecule is C/C(=N/NC(=O)c1ccc([N+](=O)[O-])cc1)c1cc2cc(Br)ccc2oc1=O. The van der Waals surface area contributed by atoms with Crippen LogP contribution < -0.4 is 11.1 Å². The number of amides is 1. The van der Waals surface area contributed by atoms with Gasteiger partial charge in [0.25, 0.3) is 11.6 Å². The smallest absolute Gasteiger partial charge is 0.345 e. The summed E-state index contributed by atoms with van der Waals surface area (Å²) < 4.78 is 6.09. The summed E-state index contributed by atoms with van der Waals surface area (Å²) in [7, 11) is 0. The van der Waals surface area contributed by atoms with Crippen molar-refractivity contribution in [2.45, 2.75) is 6.92 Å². The van der Waals surface area contributed by atoms with E-state index >= 15 is 0 Å². The lowest BCUT2D eigenvalue weighted by molar-refractivity contribution is -0.384. The first-order chi connectivity index (χ1) is 12.8. The van der Waals surface area contributed by atoms with E-state index in [1.54, 1.807) is 31.2 Å². The van der Waals surface area contributed by atoms with Gasteiger partial charge in [-0.3, -0.25) is 14.9 Å². The van der Waals surface area contributed by atoms with E-state index < -0.39 is 16.5 Å². The number of fused-ring (bicyclic) bond motifs is 1. The zero-order valence-corrected chi connectivity index (χ0v) is 15.5. The highest BCUT2D eigenvalue weighted by Crippen LogP contribution is 2.19. The number of nitrogens with one attached hydrogen (secondary N) is 1. The molecular weight excluding hydrogens is 418 g/mol. The Morgan fingerprint density at radius 1 is 1.19 bits per heavy atom. The van der Waals surface area contributed by atoms with E-state index in [0.29, 0.717) is 11.0 Å². The lowest BCUT2D eigenvalue weighted by atomic mass is 10.1. The molecule has 0 radical (unpaired) electrons. The molecule has 0 saturated heterocycles. The minimum atomic E-state index is -0.573. The van der Waals surface area contributed by atoms with Crippen molar-refractivity contribution in [3.8, 4) is 0 Å². The lowest BCUT2D eigenvalue weighted by Crippen LogP contribution is -2.21. The van der Waals surface area contributed by atoms with Crippen LogP contribution in [0.15, 0.2) is 67.3 Å². The van der Waals surface area contributed by atoms with E-state index in [1.807, 2.05) is 0 Å². The summed E-state index contributed by atoms with van der Waals surface area (Å²) in [5.41, 5.74) is 2.75. The number of rotatable bonds is 4. The van der Waals surface area contributed by atoms with Crippen LogP contribution in [-0.2, 0) is 0 Å². The average molecular weight is 430 g/mol. The van der Waals surface area contributed by atoms with Crippen molar-refractivity contribution in [1.82, 2.24) is 5.43 Å². The van der Waals surface area contributed by atoms with Crippen LogP contribution >= 0.6 is 15.9 Å². The molecule has 9 heteroatoms. The van der Waals surface area contributed by atoms with Crippen molar-refractivity contribution in [2.75, 3.05) is 0 Å². The number of hydrogen-bond donors (Lipinski definition) is 1. The first kappa shape index (κ1) is 18.5. The monoisotopic (exact) mass is 429 g/mol. The minimum absolute atomic E-state index is 0.119. The van der Waals surface area contributed by atoms with Gasteiger partial charge in [0.05, 0.1) is 16.2 Å². The molecule has 0 bridgehead atoms. The highest BCUT2D eigenvalue weighted by atomic mass is 79.9. The van der Waals surface area contributed by atoms with Crippen molar-refractivity contribution in [2.24, 2.45) is 5.10 Å². The molecule has 1 heterocycles. The van der Waals surface area contributed by atoms with Gasteiger partial charge in [-0.1, -0.05) is 15.9 Å². The third kappa shape index (κ3) is 4.09. The molecule has 0 aliphatic rings. The lowest BCUT2D eigenvalue weighted by Gasteiger charge is -2.04. The number of benzene rings is 2. The molecule has 1 N–H and O–H groups in total. The summed E-state index contributed by atoms with van der Waals surface area (Å²) in [5, 5.41) is 15.3. The van der Waals surface area contributed by atoms with Gasteiger partial charge in [0.2, 0.25) is 0 Å². The predicted octanol–water partition coefficient (Wildman–Crippen LogP) is 3.62. The number of nitro groups is 1. The maximum Gasteiger partial charge on any atom is 0.345 e. The zero-order valence-electron chi connectivity index (χ0n) is 13.9. The number of carbonyl (C=O) groups excluding carboxylic acids is 1. The Balaban J connectivity index is 1.83. The van der Waals surface area contributed by atoms with Gasteiger partial charge in [-0.25, -0.2) is 10.2 Å². The molecule has 1 amide bonds.